The van der Waals surface area contributed by atoms with Crippen LogP contribution in [0.2, 0.25) is 5.02 Å². The third-order valence-corrected chi connectivity index (χ3v) is 12.9. The van der Waals surface area contributed by atoms with E-state index in [0.717, 1.165) is 56.9 Å². The van der Waals surface area contributed by atoms with Crippen molar-refractivity contribution in [1.82, 2.24) is 24.1 Å². The van der Waals surface area contributed by atoms with Gasteiger partial charge in [-0.15, -0.1) is 0 Å². The highest BCUT2D eigenvalue weighted by Gasteiger charge is 2.44. The van der Waals surface area contributed by atoms with Gasteiger partial charge in [-0.05, 0) is 99.7 Å². The number of nitrogens with one attached hydrogen (secondary N) is 1. The molecule has 3 saturated heterocycles. The number of para-hydroxylation sites is 2. The summed E-state index contributed by atoms with van der Waals surface area (Å²) >= 11 is 6.18. The number of benzene rings is 3. The summed E-state index contributed by atoms with van der Waals surface area (Å²) in [7, 11) is -4.19. The maximum atomic E-state index is 13.7. The number of nitrogens with zero attached hydrogens (tertiary/aromatic N) is 4. The van der Waals surface area contributed by atoms with Crippen LogP contribution in [-0.4, -0.2) is 71.3 Å². The highest BCUT2D eigenvalue weighted by molar-refractivity contribution is 7.90. The van der Waals surface area contributed by atoms with Crippen LogP contribution >= 0.6 is 11.6 Å². The van der Waals surface area contributed by atoms with Gasteiger partial charge in [-0.3, -0.25) is 14.5 Å². The topological polar surface area (TPSA) is 105 Å². The number of aryl methyl sites for hydroxylation is 1. The van der Waals surface area contributed by atoms with Crippen LogP contribution in [0.4, 0.5) is 0 Å². The molecule has 0 radical (unpaired) electrons. The Balaban J connectivity index is 1.06. The summed E-state index contributed by atoms with van der Waals surface area (Å²) in [6, 6.07) is 25.0. The number of sulfonamides is 1. The Morgan fingerprint density at radius 1 is 0.938 bits per heavy atom. The van der Waals surface area contributed by atoms with Gasteiger partial charge in [0, 0.05) is 43.7 Å². The van der Waals surface area contributed by atoms with E-state index in [-0.39, 0.29) is 26.8 Å². The highest BCUT2D eigenvalue weighted by atomic mass is 35.5. The minimum Gasteiger partial charge on any atom is -0.339 e. The summed E-state index contributed by atoms with van der Waals surface area (Å²) in [5.41, 5.74) is 3.80. The molecule has 0 saturated carbocycles. The van der Waals surface area contributed by atoms with Crippen molar-refractivity contribution < 1.29 is 18.0 Å². The van der Waals surface area contributed by atoms with Crippen molar-refractivity contribution in [3.8, 4) is 0 Å². The molecule has 3 aromatic carbocycles. The molecule has 0 aliphatic carbocycles. The summed E-state index contributed by atoms with van der Waals surface area (Å²) in [6.45, 7) is 5.40. The van der Waals surface area contributed by atoms with E-state index in [1.807, 2.05) is 9.62 Å². The van der Waals surface area contributed by atoms with Crippen LogP contribution in [0, 0.1) is 6.92 Å². The monoisotopic (exact) mass is 687 g/mol. The summed E-state index contributed by atoms with van der Waals surface area (Å²) in [6.07, 6.45) is 7.39. The van der Waals surface area contributed by atoms with Crippen molar-refractivity contribution in [3.63, 3.8) is 0 Å². The number of aromatic nitrogens is 2. The van der Waals surface area contributed by atoms with E-state index >= 15 is 0 Å². The second kappa shape index (κ2) is 12.9. The number of imidazole rings is 1. The Hall–Kier alpha value is -3.73. The average molecular weight is 688 g/mol. The Kier molecular flexibility index (Phi) is 8.85. The summed E-state index contributed by atoms with van der Waals surface area (Å²) < 4.78 is 29.8. The van der Waals surface area contributed by atoms with E-state index < -0.39 is 15.9 Å². The first-order chi connectivity index (χ1) is 23.0. The molecule has 3 fully saturated rings. The third-order valence-electron chi connectivity index (χ3n) is 11.0. The van der Waals surface area contributed by atoms with Crippen molar-refractivity contribution in [2.75, 3.05) is 19.6 Å². The van der Waals surface area contributed by atoms with E-state index in [4.69, 9.17) is 16.6 Å². The van der Waals surface area contributed by atoms with Gasteiger partial charge in [-0.1, -0.05) is 54.1 Å². The number of piperidine rings is 2. The Labute approximate surface area is 287 Å². The fourth-order valence-corrected chi connectivity index (χ4v) is 10.2. The van der Waals surface area contributed by atoms with Gasteiger partial charge >= 0.3 is 0 Å². The molecule has 1 N–H and O–H groups in total. The summed E-state index contributed by atoms with van der Waals surface area (Å²) in [5, 5.41) is -0.0476. The van der Waals surface area contributed by atoms with E-state index in [1.165, 1.54) is 36.1 Å². The number of halogens is 1. The molecule has 1 unspecified atom stereocenters. The molecule has 2 amide bonds. The normalized spacial score (nSPS) is 22.6. The molecule has 252 valence electrons. The number of hydrogen-bond donors (Lipinski definition) is 1. The zero-order valence-electron chi connectivity index (χ0n) is 27.4. The molecule has 1 aromatic heterocycles. The predicted octanol–water partition coefficient (Wildman–Crippen LogP) is 6.26. The summed E-state index contributed by atoms with van der Waals surface area (Å²) in [4.78, 5) is 34.3. The number of rotatable bonds is 8. The number of amides is 2. The lowest BCUT2D eigenvalue weighted by Gasteiger charge is -2.45. The van der Waals surface area contributed by atoms with E-state index in [2.05, 4.69) is 71.0 Å². The van der Waals surface area contributed by atoms with Gasteiger partial charge in [0.1, 0.15) is 10.7 Å². The zero-order valence-corrected chi connectivity index (χ0v) is 29.0. The van der Waals surface area contributed by atoms with Gasteiger partial charge in [0.2, 0.25) is 5.91 Å². The van der Waals surface area contributed by atoms with Gasteiger partial charge in [-0.2, -0.15) is 0 Å². The van der Waals surface area contributed by atoms with Gasteiger partial charge in [0.15, 0.2) is 0 Å². The number of hydrogen-bond acceptors (Lipinski definition) is 6. The molecule has 3 aliphatic rings. The molecule has 3 atom stereocenters. The Morgan fingerprint density at radius 3 is 2.29 bits per heavy atom. The van der Waals surface area contributed by atoms with E-state index in [9.17, 15) is 18.0 Å². The van der Waals surface area contributed by atoms with Crippen LogP contribution in [0.25, 0.3) is 11.0 Å². The Morgan fingerprint density at radius 2 is 1.60 bits per heavy atom. The molecule has 3 aliphatic heterocycles. The van der Waals surface area contributed by atoms with Crippen molar-refractivity contribution in [1.29, 1.82) is 0 Å². The molecule has 48 heavy (non-hydrogen) atoms. The number of carbonyl (C=O) groups excluding carboxylic acids is 2. The lowest BCUT2D eigenvalue weighted by Crippen LogP contribution is -2.49. The quantitative estimate of drug-likeness (QED) is 0.235. The van der Waals surface area contributed by atoms with Crippen LogP contribution in [0.15, 0.2) is 77.7 Å². The fraction of sp³-hybridized carbons (Fsp3) is 0.432. The number of likely N-dealkylation sites (tertiary alicyclic amines) is 1. The van der Waals surface area contributed by atoms with Crippen molar-refractivity contribution in [2.24, 2.45) is 0 Å². The van der Waals surface area contributed by atoms with Gasteiger partial charge in [0.25, 0.3) is 15.9 Å². The zero-order chi connectivity index (χ0) is 33.6. The summed E-state index contributed by atoms with van der Waals surface area (Å²) in [5.74, 6) is 0.132. The maximum Gasteiger partial charge on any atom is 0.265 e. The van der Waals surface area contributed by atoms with Crippen LogP contribution in [-0.2, 0) is 20.2 Å². The molecule has 9 nitrogen and oxygen atoms in total. The lowest BCUT2D eigenvalue weighted by molar-refractivity contribution is -0.117. The predicted molar refractivity (Wildman–Crippen MR) is 187 cm³/mol. The standard InChI is InChI=1S/C37H42ClN5O4S/c1-25-39-33-10-6-7-11-34(33)43(25)31-23-29-13-14-30(24-31)42(29)21-18-37(28-8-4-3-5-9-28)16-19-41(20-17-37)36(45)27-12-15-32(38)35(22-27)48(46,47)40-26(2)44/h3-12,15,22,29-31H,13-14,16-21,23-24H2,1-2H3,(H,40,44)/t29-,30+,31?. The minimum absolute atomic E-state index is 0.0476. The molecule has 2 bridgehead atoms. The Bertz CT molecular complexity index is 1940. The minimum atomic E-state index is -4.19. The van der Waals surface area contributed by atoms with Crippen LogP contribution < -0.4 is 4.72 Å². The van der Waals surface area contributed by atoms with Crippen LogP contribution in [0.1, 0.15) is 79.7 Å². The second-order valence-electron chi connectivity index (χ2n) is 13.8. The van der Waals surface area contributed by atoms with Gasteiger partial charge < -0.3 is 9.47 Å². The molecular formula is C37H42ClN5O4S. The third kappa shape index (κ3) is 6.14. The first-order valence-corrected chi connectivity index (χ1v) is 18.8. The second-order valence-corrected chi connectivity index (χ2v) is 15.8. The van der Waals surface area contributed by atoms with Gasteiger partial charge in [-0.25, -0.2) is 18.1 Å². The van der Waals surface area contributed by atoms with Gasteiger partial charge in [0.05, 0.1) is 16.1 Å². The van der Waals surface area contributed by atoms with Crippen molar-refractivity contribution >= 4 is 44.5 Å². The van der Waals surface area contributed by atoms with E-state index in [1.54, 1.807) is 6.07 Å². The molecule has 0 spiro atoms. The highest BCUT2D eigenvalue weighted by Crippen LogP contribution is 2.45. The molecule has 4 heterocycles. The first kappa shape index (κ1) is 32.8. The molecule has 4 aromatic rings. The van der Waals surface area contributed by atoms with Crippen molar-refractivity contribution in [2.45, 2.75) is 87.2 Å². The smallest absolute Gasteiger partial charge is 0.265 e. The molecular weight excluding hydrogens is 646 g/mol. The molecule has 7 rings (SSSR count). The maximum absolute atomic E-state index is 13.7. The lowest BCUT2D eigenvalue weighted by atomic mass is 9.70. The molecule has 11 heteroatoms. The SMILES string of the molecule is CC(=O)NS(=O)(=O)c1cc(C(=O)N2CCC(CCN3[C@@H]4CC[C@H]3CC(n3c(C)nc5ccccc53)C4)(c3ccccc3)CC2)ccc1Cl. The largest absolute Gasteiger partial charge is 0.339 e. The van der Waals surface area contributed by atoms with Crippen LogP contribution in [0.3, 0.4) is 0 Å². The number of fused-ring (bicyclic) bond motifs is 3. The van der Waals surface area contributed by atoms with Crippen molar-refractivity contribution in [3.05, 3.63) is 94.8 Å². The average Bonchev–Trinajstić information content (AvgIpc) is 3.53. The fourth-order valence-electron chi connectivity index (χ4n) is 8.67. The van der Waals surface area contributed by atoms with Crippen LogP contribution in [0.5, 0.6) is 0 Å². The van der Waals surface area contributed by atoms with E-state index in [0.29, 0.717) is 31.2 Å². The first-order valence-electron chi connectivity index (χ1n) is 16.9. The number of carbonyl (C=O) groups is 2.